The number of hydrogen-bond donors (Lipinski definition) is 3. The summed E-state index contributed by atoms with van der Waals surface area (Å²) in [6, 6.07) is 6.75. The third-order valence-electron chi connectivity index (χ3n) is 2.60. The second kappa shape index (κ2) is 5.84. The molecule has 1 aromatic rings. The number of carbonyl (C=O) groups excluding carboxylic acids is 2. The summed E-state index contributed by atoms with van der Waals surface area (Å²) in [5.41, 5.74) is 5.67. The molecule has 1 atom stereocenters. The van der Waals surface area contributed by atoms with Crippen LogP contribution in [0, 0.1) is 5.41 Å². The summed E-state index contributed by atoms with van der Waals surface area (Å²) in [5, 5.41) is 12.6. The maximum absolute atomic E-state index is 11.8. The van der Waals surface area contributed by atoms with Gasteiger partial charge in [-0.1, -0.05) is 32.9 Å². The van der Waals surface area contributed by atoms with Gasteiger partial charge in [-0.15, -0.1) is 0 Å². The lowest BCUT2D eigenvalue weighted by molar-refractivity contribution is -0.123. The van der Waals surface area contributed by atoms with E-state index < -0.39 is 17.4 Å². The molecule has 0 bridgehead atoms. The van der Waals surface area contributed by atoms with Gasteiger partial charge in [0.1, 0.15) is 0 Å². The number of amides is 2. The lowest BCUT2D eigenvalue weighted by Crippen LogP contribution is -2.27. The van der Waals surface area contributed by atoms with Gasteiger partial charge in [-0.05, 0) is 17.7 Å². The maximum Gasteiger partial charge on any atom is 0.229 e. The monoisotopic (exact) mass is 264 g/mol. The summed E-state index contributed by atoms with van der Waals surface area (Å²) in [5.74, 6) is -0.689. The Hall–Kier alpha value is -1.88. The summed E-state index contributed by atoms with van der Waals surface area (Å²) in [4.78, 5) is 22.6. The summed E-state index contributed by atoms with van der Waals surface area (Å²) < 4.78 is 0. The zero-order chi connectivity index (χ0) is 14.6. The average molecular weight is 264 g/mol. The minimum absolute atomic E-state index is 0.117. The van der Waals surface area contributed by atoms with Crippen LogP contribution in [0.15, 0.2) is 24.3 Å². The Morgan fingerprint density at radius 3 is 2.53 bits per heavy atom. The van der Waals surface area contributed by atoms with Crippen LogP contribution >= 0.6 is 0 Å². The van der Waals surface area contributed by atoms with Crippen LogP contribution in [0.2, 0.25) is 0 Å². The number of nitrogens with one attached hydrogen (secondary N) is 1. The zero-order valence-corrected chi connectivity index (χ0v) is 11.4. The number of carbonyl (C=O) groups is 2. The molecule has 5 heteroatoms. The fraction of sp³-hybridized carbons (Fsp3) is 0.429. The standard InChI is InChI=1S/C14H20N2O3/c1-14(2,3)13(19)16-10-6-4-5-9(7-10)11(17)8-12(15)18/h4-7,11,17H,8H2,1-3H3,(H2,15,18)(H,16,19). The van der Waals surface area contributed by atoms with E-state index >= 15 is 0 Å². The van der Waals surface area contributed by atoms with Crippen LogP contribution in [0.4, 0.5) is 5.69 Å². The molecule has 0 radical (unpaired) electrons. The molecule has 104 valence electrons. The molecule has 0 saturated carbocycles. The highest BCUT2D eigenvalue weighted by Gasteiger charge is 2.21. The highest BCUT2D eigenvalue weighted by Crippen LogP contribution is 2.22. The van der Waals surface area contributed by atoms with Crippen LogP contribution in [0.3, 0.4) is 0 Å². The van der Waals surface area contributed by atoms with Crippen molar-refractivity contribution in [3.8, 4) is 0 Å². The molecule has 2 amide bonds. The van der Waals surface area contributed by atoms with Crippen LogP contribution < -0.4 is 11.1 Å². The number of benzene rings is 1. The molecule has 19 heavy (non-hydrogen) atoms. The van der Waals surface area contributed by atoms with Crippen LogP contribution in [0.5, 0.6) is 0 Å². The number of nitrogens with two attached hydrogens (primary N) is 1. The fourth-order valence-electron chi connectivity index (χ4n) is 1.45. The molecule has 1 rings (SSSR count). The van der Waals surface area contributed by atoms with Gasteiger partial charge >= 0.3 is 0 Å². The molecule has 0 aliphatic carbocycles. The second-order valence-corrected chi connectivity index (χ2v) is 5.52. The van der Waals surface area contributed by atoms with Gasteiger partial charge in [0.15, 0.2) is 0 Å². The van der Waals surface area contributed by atoms with Crippen LogP contribution in [-0.2, 0) is 9.59 Å². The SMILES string of the molecule is CC(C)(C)C(=O)Nc1cccc(C(O)CC(N)=O)c1. The van der Waals surface area contributed by atoms with E-state index in [2.05, 4.69) is 5.32 Å². The smallest absolute Gasteiger partial charge is 0.229 e. The largest absolute Gasteiger partial charge is 0.388 e. The zero-order valence-electron chi connectivity index (χ0n) is 11.4. The van der Waals surface area contributed by atoms with Crippen molar-refractivity contribution >= 4 is 17.5 Å². The number of hydrogen-bond acceptors (Lipinski definition) is 3. The summed E-state index contributed by atoms with van der Waals surface area (Å²) in [6.45, 7) is 5.44. The van der Waals surface area contributed by atoms with Crippen molar-refractivity contribution in [3.63, 3.8) is 0 Å². The maximum atomic E-state index is 11.8. The Balaban J connectivity index is 2.83. The van der Waals surface area contributed by atoms with E-state index in [1.165, 1.54) is 0 Å². The van der Waals surface area contributed by atoms with E-state index in [4.69, 9.17) is 5.73 Å². The third kappa shape index (κ3) is 4.71. The Morgan fingerprint density at radius 1 is 1.37 bits per heavy atom. The molecular formula is C14H20N2O3. The third-order valence-corrected chi connectivity index (χ3v) is 2.60. The van der Waals surface area contributed by atoms with E-state index in [1.54, 1.807) is 24.3 Å². The van der Waals surface area contributed by atoms with Crippen molar-refractivity contribution in [1.82, 2.24) is 0 Å². The number of aliphatic hydroxyl groups is 1. The first kappa shape index (κ1) is 15.2. The van der Waals surface area contributed by atoms with Gasteiger partial charge in [-0.25, -0.2) is 0 Å². The Labute approximate surface area is 112 Å². The molecule has 0 aliphatic heterocycles. The first-order valence-corrected chi connectivity index (χ1v) is 6.08. The molecule has 4 N–H and O–H groups in total. The van der Waals surface area contributed by atoms with Crippen molar-refractivity contribution in [1.29, 1.82) is 0 Å². The molecular weight excluding hydrogens is 244 g/mol. The van der Waals surface area contributed by atoms with Gasteiger partial charge in [0.25, 0.3) is 0 Å². The lowest BCUT2D eigenvalue weighted by atomic mass is 9.95. The molecule has 0 aromatic heterocycles. The topological polar surface area (TPSA) is 92.4 Å². The van der Waals surface area contributed by atoms with Crippen molar-refractivity contribution in [2.45, 2.75) is 33.3 Å². The quantitative estimate of drug-likeness (QED) is 0.770. The van der Waals surface area contributed by atoms with Crippen molar-refractivity contribution in [3.05, 3.63) is 29.8 Å². The number of anilines is 1. The highest BCUT2D eigenvalue weighted by molar-refractivity contribution is 5.94. The van der Waals surface area contributed by atoms with Gasteiger partial charge in [0, 0.05) is 11.1 Å². The second-order valence-electron chi connectivity index (χ2n) is 5.52. The highest BCUT2D eigenvalue weighted by atomic mass is 16.3. The van der Waals surface area contributed by atoms with Gasteiger partial charge in [-0.3, -0.25) is 9.59 Å². The average Bonchev–Trinajstić information content (AvgIpc) is 2.27. The van der Waals surface area contributed by atoms with Gasteiger partial charge in [0.05, 0.1) is 12.5 Å². The predicted octanol–water partition coefficient (Wildman–Crippen LogP) is 1.58. The Kier molecular flexibility index (Phi) is 4.67. The molecule has 0 heterocycles. The Bertz CT molecular complexity index is 478. The van der Waals surface area contributed by atoms with Crippen molar-refractivity contribution in [2.75, 3.05) is 5.32 Å². The predicted molar refractivity (Wildman–Crippen MR) is 73.3 cm³/mol. The molecule has 0 spiro atoms. The molecule has 0 fully saturated rings. The molecule has 5 nitrogen and oxygen atoms in total. The number of primary amides is 1. The van der Waals surface area contributed by atoms with Crippen molar-refractivity contribution < 1.29 is 14.7 Å². The van der Waals surface area contributed by atoms with Crippen LogP contribution in [0.1, 0.15) is 38.9 Å². The fourth-order valence-corrected chi connectivity index (χ4v) is 1.45. The van der Waals surface area contributed by atoms with E-state index in [9.17, 15) is 14.7 Å². The number of aliphatic hydroxyl groups excluding tert-OH is 1. The Morgan fingerprint density at radius 2 is 2.00 bits per heavy atom. The van der Waals surface area contributed by atoms with Crippen molar-refractivity contribution in [2.24, 2.45) is 11.1 Å². The van der Waals surface area contributed by atoms with Gasteiger partial charge in [-0.2, -0.15) is 0 Å². The minimum Gasteiger partial charge on any atom is -0.388 e. The summed E-state index contributed by atoms with van der Waals surface area (Å²) in [6.07, 6.45) is -1.10. The van der Waals surface area contributed by atoms with E-state index in [1.807, 2.05) is 20.8 Å². The van der Waals surface area contributed by atoms with E-state index in [-0.39, 0.29) is 12.3 Å². The van der Waals surface area contributed by atoms with Gasteiger partial charge < -0.3 is 16.2 Å². The molecule has 0 saturated heterocycles. The first-order valence-electron chi connectivity index (χ1n) is 6.08. The van der Waals surface area contributed by atoms with Crippen LogP contribution in [-0.4, -0.2) is 16.9 Å². The number of rotatable bonds is 4. The molecule has 1 aromatic carbocycles. The summed E-state index contributed by atoms with van der Waals surface area (Å²) in [7, 11) is 0. The minimum atomic E-state index is -0.955. The molecule has 1 unspecified atom stereocenters. The van der Waals surface area contributed by atoms with Gasteiger partial charge in [0.2, 0.25) is 11.8 Å². The first-order chi connectivity index (χ1) is 8.70. The summed E-state index contributed by atoms with van der Waals surface area (Å²) >= 11 is 0. The van der Waals surface area contributed by atoms with E-state index in [0.29, 0.717) is 11.3 Å². The normalized spacial score (nSPS) is 12.8. The van der Waals surface area contributed by atoms with E-state index in [0.717, 1.165) is 0 Å². The molecule has 0 aliphatic rings. The lowest BCUT2D eigenvalue weighted by Gasteiger charge is -2.18. The van der Waals surface area contributed by atoms with Crippen LogP contribution in [0.25, 0.3) is 0 Å².